The van der Waals surface area contributed by atoms with Gasteiger partial charge in [-0.25, -0.2) is 15.0 Å². The summed E-state index contributed by atoms with van der Waals surface area (Å²) in [7, 11) is 0. The van der Waals surface area contributed by atoms with Crippen molar-refractivity contribution < 1.29 is 9.72 Å². The Balaban J connectivity index is 1.45. The van der Waals surface area contributed by atoms with Crippen molar-refractivity contribution in [2.75, 3.05) is 18.4 Å². The van der Waals surface area contributed by atoms with E-state index in [-0.39, 0.29) is 17.8 Å². The highest BCUT2D eigenvalue weighted by molar-refractivity contribution is 5.94. The second-order valence-corrected chi connectivity index (χ2v) is 7.10. The summed E-state index contributed by atoms with van der Waals surface area (Å²) < 4.78 is 0. The van der Waals surface area contributed by atoms with Crippen LogP contribution >= 0.6 is 0 Å². The number of carbonyl (C=O) groups is 1. The zero-order chi connectivity index (χ0) is 23.9. The number of rotatable bonds is 8. The molecular formula is C23H18N8O3. The number of carbonyl (C=O) groups excluding carboxylic acids is 1. The number of benzene rings is 2. The van der Waals surface area contributed by atoms with Crippen LogP contribution < -0.4 is 10.6 Å². The molecule has 0 saturated carbocycles. The molecule has 0 aliphatic heterocycles. The molecule has 0 spiro atoms. The van der Waals surface area contributed by atoms with Gasteiger partial charge in [0.05, 0.1) is 40.5 Å². The Bertz CT molecular complexity index is 1360. The second kappa shape index (κ2) is 10.0. The fourth-order valence-corrected chi connectivity index (χ4v) is 3.20. The lowest BCUT2D eigenvalue weighted by Gasteiger charge is -2.11. The first-order valence-corrected chi connectivity index (χ1v) is 10.2. The van der Waals surface area contributed by atoms with E-state index in [4.69, 9.17) is 5.26 Å². The Morgan fingerprint density at radius 1 is 1.15 bits per heavy atom. The van der Waals surface area contributed by atoms with Crippen LogP contribution in [0.25, 0.3) is 22.5 Å². The Kier molecular flexibility index (Phi) is 6.50. The number of hydrogen-bond acceptors (Lipinski definition) is 8. The van der Waals surface area contributed by atoms with Gasteiger partial charge in [0, 0.05) is 48.1 Å². The Hall–Kier alpha value is -5.11. The average molecular weight is 454 g/mol. The van der Waals surface area contributed by atoms with E-state index in [9.17, 15) is 14.9 Å². The maximum absolute atomic E-state index is 12.3. The molecule has 0 fully saturated rings. The van der Waals surface area contributed by atoms with Crippen LogP contribution in [0.15, 0.2) is 67.3 Å². The summed E-state index contributed by atoms with van der Waals surface area (Å²) >= 11 is 0. The smallest absolute Gasteiger partial charge is 0.270 e. The predicted molar refractivity (Wildman–Crippen MR) is 124 cm³/mol. The number of imidazole rings is 1. The third kappa shape index (κ3) is 5.03. The molecule has 0 radical (unpaired) electrons. The normalized spacial score (nSPS) is 10.3. The van der Waals surface area contributed by atoms with E-state index < -0.39 is 10.8 Å². The van der Waals surface area contributed by atoms with Gasteiger partial charge in [0.15, 0.2) is 0 Å². The summed E-state index contributed by atoms with van der Waals surface area (Å²) in [5.41, 5.74) is 3.53. The van der Waals surface area contributed by atoms with E-state index in [1.54, 1.807) is 30.9 Å². The third-order valence-corrected chi connectivity index (χ3v) is 4.88. The van der Waals surface area contributed by atoms with Gasteiger partial charge in [-0.15, -0.1) is 0 Å². The number of nitro benzene ring substituents is 1. The minimum absolute atomic E-state index is 0.146. The number of hydrogen-bond donors (Lipinski definition) is 3. The third-order valence-electron chi connectivity index (χ3n) is 4.88. The van der Waals surface area contributed by atoms with E-state index in [1.165, 1.54) is 24.3 Å². The minimum Gasteiger partial charge on any atom is -0.352 e. The molecule has 0 unspecified atom stereocenters. The first kappa shape index (κ1) is 22.1. The maximum atomic E-state index is 12.3. The van der Waals surface area contributed by atoms with E-state index in [0.29, 0.717) is 23.8 Å². The first-order valence-electron chi connectivity index (χ1n) is 10.2. The highest BCUT2D eigenvalue weighted by atomic mass is 16.6. The van der Waals surface area contributed by atoms with Crippen LogP contribution in [0.3, 0.4) is 0 Å². The second-order valence-electron chi connectivity index (χ2n) is 7.10. The van der Waals surface area contributed by atoms with Crippen LogP contribution in [0, 0.1) is 21.4 Å². The molecular weight excluding hydrogens is 436 g/mol. The number of nitriles is 1. The van der Waals surface area contributed by atoms with Gasteiger partial charge in [-0.1, -0.05) is 18.2 Å². The molecule has 0 aliphatic carbocycles. The highest BCUT2D eigenvalue weighted by Crippen LogP contribution is 2.29. The molecule has 2 heterocycles. The summed E-state index contributed by atoms with van der Waals surface area (Å²) in [6.07, 6.45) is 4.90. The van der Waals surface area contributed by atoms with Crippen molar-refractivity contribution in [1.82, 2.24) is 25.3 Å². The molecule has 0 aliphatic rings. The topological polar surface area (TPSA) is 163 Å². The first-order chi connectivity index (χ1) is 16.5. The van der Waals surface area contributed by atoms with Gasteiger partial charge in [0.2, 0.25) is 5.95 Å². The minimum atomic E-state index is -0.548. The molecule has 4 rings (SSSR count). The summed E-state index contributed by atoms with van der Waals surface area (Å²) in [4.78, 5) is 38.7. The lowest BCUT2D eigenvalue weighted by Crippen LogP contribution is -2.29. The van der Waals surface area contributed by atoms with Crippen molar-refractivity contribution in [2.45, 2.75) is 0 Å². The Labute approximate surface area is 193 Å². The molecule has 0 saturated heterocycles. The summed E-state index contributed by atoms with van der Waals surface area (Å²) in [6.45, 7) is 0.580. The summed E-state index contributed by atoms with van der Waals surface area (Å²) in [5, 5.41) is 25.7. The van der Waals surface area contributed by atoms with E-state index in [2.05, 4.69) is 36.6 Å². The van der Waals surface area contributed by atoms with Crippen LogP contribution in [0.2, 0.25) is 0 Å². The number of anilines is 1. The fraction of sp³-hybridized carbons (Fsp3) is 0.0870. The van der Waals surface area contributed by atoms with Crippen LogP contribution in [-0.2, 0) is 0 Å². The van der Waals surface area contributed by atoms with Gasteiger partial charge in [-0.05, 0) is 18.2 Å². The van der Waals surface area contributed by atoms with Gasteiger partial charge in [-0.2, -0.15) is 5.26 Å². The van der Waals surface area contributed by atoms with E-state index >= 15 is 0 Å². The molecule has 11 heteroatoms. The number of amides is 1. The molecule has 0 bridgehead atoms. The molecule has 4 aromatic rings. The highest BCUT2D eigenvalue weighted by Gasteiger charge is 2.14. The molecule has 168 valence electrons. The van der Waals surface area contributed by atoms with E-state index in [1.807, 2.05) is 12.1 Å². The van der Waals surface area contributed by atoms with Gasteiger partial charge >= 0.3 is 0 Å². The zero-order valence-corrected chi connectivity index (χ0v) is 17.7. The molecule has 0 atom stereocenters. The lowest BCUT2D eigenvalue weighted by molar-refractivity contribution is -0.384. The molecule has 34 heavy (non-hydrogen) atoms. The van der Waals surface area contributed by atoms with Gasteiger partial charge in [0.25, 0.3) is 11.6 Å². The van der Waals surface area contributed by atoms with Gasteiger partial charge in [-0.3, -0.25) is 14.9 Å². The number of nitrogens with zero attached hydrogens (tertiary/aromatic N) is 5. The van der Waals surface area contributed by atoms with Gasteiger partial charge in [0.1, 0.15) is 0 Å². The zero-order valence-electron chi connectivity index (χ0n) is 17.7. The van der Waals surface area contributed by atoms with Crippen molar-refractivity contribution in [3.8, 4) is 28.6 Å². The van der Waals surface area contributed by atoms with Crippen molar-refractivity contribution in [3.05, 3.63) is 88.5 Å². The number of H-pyrrole nitrogens is 1. The largest absolute Gasteiger partial charge is 0.352 e. The lowest BCUT2D eigenvalue weighted by atomic mass is 10.0. The SMILES string of the molecule is N#Cc1ccc(-c2nc(NCCNC(=O)c3cccc([N+](=O)[O-])c3)ncc2-c2cnc[nH]2)cc1. The van der Waals surface area contributed by atoms with Crippen LogP contribution in [0.1, 0.15) is 15.9 Å². The fourth-order valence-electron chi connectivity index (χ4n) is 3.20. The van der Waals surface area contributed by atoms with Crippen molar-refractivity contribution in [1.29, 1.82) is 5.26 Å². The molecule has 3 N–H and O–H groups in total. The van der Waals surface area contributed by atoms with Crippen LogP contribution in [0.5, 0.6) is 0 Å². The van der Waals surface area contributed by atoms with Crippen molar-refractivity contribution >= 4 is 17.5 Å². The monoisotopic (exact) mass is 454 g/mol. The number of nitrogens with one attached hydrogen (secondary N) is 3. The van der Waals surface area contributed by atoms with Crippen LogP contribution in [-0.4, -0.2) is 43.9 Å². The molecule has 2 aromatic carbocycles. The van der Waals surface area contributed by atoms with E-state index in [0.717, 1.165) is 16.8 Å². The Morgan fingerprint density at radius 2 is 1.97 bits per heavy atom. The molecule has 1 amide bonds. The number of aromatic amines is 1. The van der Waals surface area contributed by atoms with Crippen molar-refractivity contribution in [2.24, 2.45) is 0 Å². The summed E-state index contributed by atoms with van der Waals surface area (Å²) in [5.74, 6) is -0.0634. The number of non-ortho nitro benzene ring substituents is 1. The Morgan fingerprint density at radius 3 is 2.68 bits per heavy atom. The number of aromatic nitrogens is 4. The maximum Gasteiger partial charge on any atom is 0.270 e. The number of nitro groups is 1. The van der Waals surface area contributed by atoms with Crippen LogP contribution in [0.4, 0.5) is 11.6 Å². The quantitative estimate of drug-likeness (QED) is 0.208. The predicted octanol–water partition coefficient (Wildman–Crippen LogP) is 3.16. The van der Waals surface area contributed by atoms with Crippen molar-refractivity contribution in [3.63, 3.8) is 0 Å². The average Bonchev–Trinajstić information content (AvgIpc) is 3.41. The summed E-state index contributed by atoms with van der Waals surface area (Å²) in [6, 6.07) is 14.7. The molecule has 11 nitrogen and oxygen atoms in total. The standard InChI is InChI=1S/C23H18N8O3/c24-11-15-4-6-16(7-5-15)21-19(20-13-25-14-29-20)12-28-23(30-21)27-9-8-26-22(32)17-2-1-3-18(10-17)31(33)34/h1-7,10,12-14H,8-9H2,(H,25,29)(H,26,32)(H,27,28,30). The molecule has 2 aromatic heterocycles. The van der Waals surface area contributed by atoms with Gasteiger partial charge < -0.3 is 15.6 Å².